The Bertz CT molecular complexity index is 432. The van der Waals surface area contributed by atoms with E-state index in [4.69, 9.17) is 5.73 Å². The Morgan fingerprint density at radius 1 is 1.12 bits per heavy atom. The van der Waals surface area contributed by atoms with Crippen LogP contribution in [-0.2, 0) is 4.79 Å². The van der Waals surface area contributed by atoms with Crippen LogP contribution in [0.3, 0.4) is 0 Å². The Morgan fingerprint density at radius 3 is 2.50 bits per heavy atom. The first-order chi connectivity index (χ1) is 7.79. The standard InChI is InChI=1S/C11H10N4O/c12-11(16)10(8-3-1-2-4-14-8)9-7-13-5-6-15-9/h1-7,10H,(H2,12,16). The third-order valence-corrected chi connectivity index (χ3v) is 2.15. The predicted octanol–water partition coefficient (Wildman–Crippen LogP) is 0.489. The number of amides is 1. The molecule has 0 radical (unpaired) electrons. The average molecular weight is 214 g/mol. The summed E-state index contributed by atoms with van der Waals surface area (Å²) in [7, 11) is 0. The molecule has 5 heteroatoms. The number of pyridine rings is 1. The molecule has 0 bridgehead atoms. The lowest BCUT2D eigenvalue weighted by atomic mass is 10.0. The van der Waals surface area contributed by atoms with E-state index in [2.05, 4.69) is 15.0 Å². The highest BCUT2D eigenvalue weighted by molar-refractivity contribution is 5.84. The first-order valence-electron chi connectivity index (χ1n) is 4.75. The van der Waals surface area contributed by atoms with E-state index in [-0.39, 0.29) is 0 Å². The van der Waals surface area contributed by atoms with E-state index >= 15 is 0 Å². The lowest BCUT2D eigenvalue weighted by Crippen LogP contribution is -2.24. The Kier molecular flexibility index (Phi) is 2.86. The second-order valence-electron chi connectivity index (χ2n) is 3.22. The second-order valence-corrected chi connectivity index (χ2v) is 3.22. The zero-order valence-corrected chi connectivity index (χ0v) is 8.45. The number of carbonyl (C=O) groups excluding carboxylic acids is 1. The molecule has 5 nitrogen and oxygen atoms in total. The van der Waals surface area contributed by atoms with Crippen LogP contribution >= 0.6 is 0 Å². The predicted molar refractivity (Wildman–Crippen MR) is 57.3 cm³/mol. The smallest absolute Gasteiger partial charge is 0.232 e. The van der Waals surface area contributed by atoms with Crippen molar-refractivity contribution in [1.29, 1.82) is 0 Å². The number of hydrogen-bond donors (Lipinski definition) is 1. The minimum atomic E-state index is -0.644. The van der Waals surface area contributed by atoms with Gasteiger partial charge in [-0.25, -0.2) is 0 Å². The van der Waals surface area contributed by atoms with Gasteiger partial charge in [0, 0.05) is 24.8 Å². The fraction of sp³-hybridized carbons (Fsp3) is 0.0909. The van der Waals surface area contributed by atoms with Crippen LogP contribution in [0.5, 0.6) is 0 Å². The molecular formula is C11H10N4O. The Morgan fingerprint density at radius 2 is 1.94 bits per heavy atom. The number of primary amides is 1. The molecule has 0 aliphatic heterocycles. The summed E-state index contributed by atoms with van der Waals surface area (Å²) < 4.78 is 0. The molecule has 0 aliphatic rings. The Balaban J connectivity index is 2.44. The van der Waals surface area contributed by atoms with Crippen molar-refractivity contribution in [1.82, 2.24) is 15.0 Å². The van der Waals surface area contributed by atoms with Crippen molar-refractivity contribution in [3.63, 3.8) is 0 Å². The zero-order valence-electron chi connectivity index (χ0n) is 8.45. The van der Waals surface area contributed by atoms with Crippen molar-refractivity contribution in [2.45, 2.75) is 5.92 Å². The van der Waals surface area contributed by atoms with Gasteiger partial charge >= 0.3 is 0 Å². The largest absolute Gasteiger partial charge is 0.369 e. The molecule has 2 aromatic heterocycles. The van der Waals surface area contributed by atoms with Gasteiger partial charge in [-0.3, -0.25) is 19.7 Å². The van der Waals surface area contributed by atoms with Gasteiger partial charge in [0.15, 0.2) is 0 Å². The number of carbonyl (C=O) groups is 1. The van der Waals surface area contributed by atoms with Crippen molar-refractivity contribution in [3.8, 4) is 0 Å². The minimum absolute atomic E-state index is 0.487. The van der Waals surface area contributed by atoms with Gasteiger partial charge in [-0.05, 0) is 12.1 Å². The Hall–Kier alpha value is -2.30. The van der Waals surface area contributed by atoms with Gasteiger partial charge in [0.2, 0.25) is 5.91 Å². The van der Waals surface area contributed by atoms with Crippen LogP contribution in [0.15, 0.2) is 43.0 Å². The van der Waals surface area contributed by atoms with Gasteiger partial charge in [-0.2, -0.15) is 0 Å². The normalized spacial score (nSPS) is 12.0. The molecule has 0 aliphatic carbocycles. The summed E-state index contributed by atoms with van der Waals surface area (Å²) in [4.78, 5) is 23.5. The second kappa shape index (κ2) is 4.48. The summed E-state index contributed by atoms with van der Waals surface area (Å²) >= 11 is 0. The molecule has 0 aromatic carbocycles. The summed E-state index contributed by atoms with van der Waals surface area (Å²) in [5, 5.41) is 0. The molecule has 16 heavy (non-hydrogen) atoms. The molecule has 1 atom stereocenters. The van der Waals surface area contributed by atoms with Crippen LogP contribution in [0.4, 0.5) is 0 Å². The lowest BCUT2D eigenvalue weighted by molar-refractivity contribution is -0.118. The van der Waals surface area contributed by atoms with Crippen molar-refractivity contribution in [2.75, 3.05) is 0 Å². The van der Waals surface area contributed by atoms with Crippen molar-refractivity contribution < 1.29 is 4.79 Å². The van der Waals surface area contributed by atoms with Crippen LogP contribution in [0, 0.1) is 0 Å². The van der Waals surface area contributed by atoms with E-state index in [9.17, 15) is 4.79 Å². The lowest BCUT2D eigenvalue weighted by Gasteiger charge is -2.10. The van der Waals surface area contributed by atoms with E-state index in [0.717, 1.165) is 0 Å². The van der Waals surface area contributed by atoms with Gasteiger partial charge in [-0.15, -0.1) is 0 Å². The molecule has 1 amide bonds. The molecule has 1 unspecified atom stereocenters. The van der Waals surface area contributed by atoms with Crippen LogP contribution in [0.2, 0.25) is 0 Å². The highest BCUT2D eigenvalue weighted by Gasteiger charge is 2.22. The van der Waals surface area contributed by atoms with Gasteiger partial charge in [0.25, 0.3) is 0 Å². The molecule has 0 spiro atoms. The summed E-state index contributed by atoms with van der Waals surface area (Å²) in [5.41, 5.74) is 6.44. The van der Waals surface area contributed by atoms with Crippen molar-refractivity contribution in [3.05, 3.63) is 54.4 Å². The van der Waals surface area contributed by atoms with E-state index in [1.54, 1.807) is 30.6 Å². The number of nitrogens with zero attached hydrogens (tertiary/aromatic N) is 3. The summed E-state index contributed by atoms with van der Waals surface area (Å²) in [6.07, 6.45) is 6.19. The molecule has 2 rings (SSSR count). The fourth-order valence-electron chi connectivity index (χ4n) is 1.45. The van der Waals surface area contributed by atoms with Gasteiger partial charge in [-0.1, -0.05) is 6.07 Å². The highest BCUT2D eigenvalue weighted by atomic mass is 16.1. The Labute approximate surface area is 92.4 Å². The van der Waals surface area contributed by atoms with E-state index in [1.807, 2.05) is 0 Å². The molecule has 2 N–H and O–H groups in total. The maximum Gasteiger partial charge on any atom is 0.232 e. The number of hydrogen-bond acceptors (Lipinski definition) is 4. The zero-order chi connectivity index (χ0) is 11.4. The number of rotatable bonds is 3. The first-order valence-corrected chi connectivity index (χ1v) is 4.75. The van der Waals surface area contributed by atoms with Crippen molar-refractivity contribution >= 4 is 5.91 Å². The molecule has 2 heterocycles. The van der Waals surface area contributed by atoms with Crippen LogP contribution in [0.1, 0.15) is 17.3 Å². The number of nitrogens with two attached hydrogens (primary N) is 1. The summed E-state index contributed by atoms with van der Waals surface area (Å²) in [6, 6.07) is 5.32. The monoisotopic (exact) mass is 214 g/mol. The quantitative estimate of drug-likeness (QED) is 0.806. The minimum Gasteiger partial charge on any atom is -0.369 e. The van der Waals surface area contributed by atoms with Crippen molar-refractivity contribution in [2.24, 2.45) is 5.73 Å². The third-order valence-electron chi connectivity index (χ3n) is 2.15. The van der Waals surface area contributed by atoms with E-state index in [1.165, 1.54) is 12.4 Å². The van der Waals surface area contributed by atoms with Gasteiger partial charge < -0.3 is 5.73 Å². The van der Waals surface area contributed by atoms with Gasteiger partial charge in [0.1, 0.15) is 5.92 Å². The SMILES string of the molecule is NC(=O)C(c1ccccn1)c1cnccn1. The van der Waals surface area contributed by atoms with Crippen LogP contribution in [0.25, 0.3) is 0 Å². The van der Waals surface area contributed by atoms with E-state index < -0.39 is 11.8 Å². The third kappa shape index (κ3) is 2.03. The number of aromatic nitrogens is 3. The average Bonchev–Trinajstić information content (AvgIpc) is 2.31. The summed E-state index contributed by atoms with van der Waals surface area (Å²) in [6.45, 7) is 0. The maximum atomic E-state index is 11.4. The van der Waals surface area contributed by atoms with Gasteiger partial charge in [0.05, 0.1) is 11.4 Å². The van der Waals surface area contributed by atoms with E-state index in [0.29, 0.717) is 11.4 Å². The molecule has 0 saturated heterocycles. The highest BCUT2D eigenvalue weighted by Crippen LogP contribution is 2.19. The molecule has 0 fully saturated rings. The molecule has 80 valence electrons. The van der Waals surface area contributed by atoms with Crippen LogP contribution < -0.4 is 5.73 Å². The maximum absolute atomic E-state index is 11.4. The van der Waals surface area contributed by atoms with Crippen LogP contribution in [-0.4, -0.2) is 20.9 Å². The molecular weight excluding hydrogens is 204 g/mol. The molecule has 0 saturated carbocycles. The summed E-state index contributed by atoms with van der Waals surface area (Å²) in [5.74, 6) is -1.13. The first kappa shape index (κ1) is 10.2. The fourth-order valence-corrected chi connectivity index (χ4v) is 1.45. The topological polar surface area (TPSA) is 81.8 Å². The molecule has 2 aromatic rings.